The summed E-state index contributed by atoms with van der Waals surface area (Å²) in [6.07, 6.45) is 1.09. The summed E-state index contributed by atoms with van der Waals surface area (Å²) in [6.45, 7) is 2.18. The van der Waals surface area contributed by atoms with Crippen LogP contribution < -0.4 is 10.6 Å². The first-order valence-electron chi connectivity index (χ1n) is 5.29. The molecule has 1 amide bonds. The zero-order valence-corrected chi connectivity index (χ0v) is 9.66. The number of nitrogens with zero attached hydrogens (tertiary/aromatic N) is 1. The Labute approximate surface area is 95.0 Å². The third-order valence-electron chi connectivity index (χ3n) is 2.50. The number of carbonyl (C=O) groups excluding carboxylic acids is 1. The van der Waals surface area contributed by atoms with E-state index in [1.54, 1.807) is 26.1 Å². The lowest BCUT2D eigenvalue weighted by atomic mass is 10.2. The molecule has 1 aromatic rings. The molecule has 88 valence electrons. The summed E-state index contributed by atoms with van der Waals surface area (Å²) in [7, 11) is 1.69. The summed E-state index contributed by atoms with van der Waals surface area (Å²) >= 11 is 0. The highest BCUT2D eigenvalue weighted by Crippen LogP contribution is 2.17. The molecule has 0 bridgehead atoms. The van der Waals surface area contributed by atoms with Gasteiger partial charge in [0.25, 0.3) is 0 Å². The molecule has 0 aliphatic carbocycles. The first kappa shape index (κ1) is 12.6. The van der Waals surface area contributed by atoms with Crippen LogP contribution in [-0.4, -0.2) is 19.5 Å². The summed E-state index contributed by atoms with van der Waals surface area (Å²) in [4.78, 5) is 13.2. The van der Waals surface area contributed by atoms with Crippen LogP contribution in [0.1, 0.15) is 18.4 Å². The second-order valence-electron chi connectivity index (χ2n) is 3.78. The maximum absolute atomic E-state index is 13.0. The molecule has 0 aliphatic rings. The Bertz CT molecular complexity index is 379. The third-order valence-corrected chi connectivity index (χ3v) is 2.50. The van der Waals surface area contributed by atoms with Crippen molar-refractivity contribution in [3.63, 3.8) is 0 Å². The largest absolute Gasteiger partial charge is 0.330 e. The van der Waals surface area contributed by atoms with Gasteiger partial charge < -0.3 is 10.6 Å². The second kappa shape index (κ2) is 5.61. The lowest BCUT2D eigenvalue weighted by Gasteiger charge is -2.17. The number of nitrogens with two attached hydrogens (primary N) is 1. The molecular formula is C12H17FN2O. The minimum atomic E-state index is -0.258. The second-order valence-corrected chi connectivity index (χ2v) is 3.78. The summed E-state index contributed by atoms with van der Waals surface area (Å²) in [5.41, 5.74) is 6.59. The van der Waals surface area contributed by atoms with E-state index in [9.17, 15) is 9.18 Å². The number of aryl methyl sites for hydroxylation is 1. The molecule has 2 N–H and O–H groups in total. The monoisotopic (exact) mass is 224 g/mol. The van der Waals surface area contributed by atoms with Crippen molar-refractivity contribution in [1.82, 2.24) is 0 Å². The highest BCUT2D eigenvalue weighted by molar-refractivity contribution is 5.92. The predicted octanol–water partition coefficient (Wildman–Crippen LogP) is 1.84. The number of benzene rings is 1. The normalized spacial score (nSPS) is 10.2. The zero-order valence-electron chi connectivity index (χ0n) is 9.66. The lowest BCUT2D eigenvalue weighted by molar-refractivity contribution is -0.118. The number of carbonyl (C=O) groups is 1. The van der Waals surface area contributed by atoms with Gasteiger partial charge >= 0.3 is 0 Å². The number of rotatable bonds is 4. The molecule has 0 fully saturated rings. The molecule has 0 unspecified atom stereocenters. The molecule has 16 heavy (non-hydrogen) atoms. The third kappa shape index (κ3) is 3.03. The van der Waals surface area contributed by atoms with Crippen LogP contribution in [0.3, 0.4) is 0 Å². The Hall–Kier alpha value is -1.42. The minimum absolute atomic E-state index is 0.00328. The summed E-state index contributed by atoms with van der Waals surface area (Å²) in [5, 5.41) is 0. The van der Waals surface area contributed by atoms with Gasteiger partial charge in [-0.05, 0) is 43.7 Å². The number of anilines is 1. The molecule has 0 aliphatic heterocycles. The molecule has 0 saturated carbocycles. The lowest BCUT2D eigenvalue weighted by Crippen LogP contribution is -2.26. The van der Waals surface area contributed by atoms with Gasteiger partial charge in [0.1, 0.15) is 5.82 Å². The van der Waals surface area contributed by atoms with E-state index in [4.69, 9.17) is 5.73 Å². The molecule has 0 heterocycles. The number of hydrogen-bond donors (Lipinski definition) is 1. The first-order valence-corrected chi connectivity index (χ1v) is 5.29. The molecule has 0 atom stereocenters. The molecule has 3 nitrogen and oxygen atoms in total. The van der Waals surface area contributed by atoms with Crippen molar-refractivity contribution >= 4 is 11.6 Å². The molecule has 0 saturated heterocycles. The van der Waals surface area contributed by atoms with E-state index in [0.29, 0.717) is 30.6 Å². The molecule has 0 aromatic heterocycles. The van der Waals surface area contributed by atoms with Gasteiger partial charge in [0.2, 0.25) is 5.91 Å². The Morgan fingerprint density at radius 1 is 1.50 bits per heavy atom. The molecule has 1 aromatic carbocycles. The van der Waals surface area contributed by atoms with Crippen molar-refractivity contribution in [3.05, 3.63) is 29.6 Å². The Kier molecular flexibility index (Phi) is 4.43. The highest BCUT2D eigenvalue weighted by Gasteiger charge is 2.11. The average molecular weight is 224 g/mol. The van der Waals surface area contributed by atoms with Crippen LogP contribution in [0, 0.1) is 12.7 Å². The van der Waals surface area contributed by atoms with E-state index in [1.165, 1.54) is 11.0 Å². The molecule has 0 spiro atoms. The molecular weight excluding hydrogens is 207 g/mol. The Morgan fingerprint density at radius 2 is 2.19 bits per heavy atom. The Morgan fingerprint density at radius 3 is 2.75 bits per heavy atom. The summed E-state index contributed by atoms with van der Waals surface area (Å²) in [5.74, 6) is -0.261. The van der Waals surface area contributed by atoms with Gasteiger partial charge in [-0.25, -0.2) is 4.39 Å². The van der Waals surface area contributed by atoms with Gasteiger partial charge in [-0.1, -0.05) is 0 Å². The summed E-state index contributed by atoms with van der Waals surface area (Å²) in [6, 6.07) is 4.63. The van der Waals surface area contributed by atoms with Crippen molar-refractivity contribution < 1.29 is 9.18 Å². The fraction of sp³-hybridized carbons (Fsp3) is 0.417. The summed E-state index contributed by atoms with van der Waals surface area (Å²) < 4.78 is 13.0. The topological polar surface area (TPSA) is 46.3 Å². The van der Waals surface area contributed by atoms with Crippen LogP contribution >= 0.6 is 0 Å². The fourth-order valence-corrected chi connectivity index (χ4v) is 1.40. The predicted molar refractivity (Wildman–Crippen MR) is 62.8 cm³/mol. The van der Waals surface area contributed by atoms with E-state index >= 15 is 0 Å². The minimum Gasteiger partial charge on any atom is -0.330 e. The maximum atomic E-state index is 13.0. The van der Waals surface area contributed by atoms with Gasteiger partial charge in [-0.3, -0.25) is 4.79 Å². The van der Waals surface area contributed by atoms with Gasteiger partial charge in [0.15, 0.2) is 0 Å². The molecule has 0 radical (unpaired) electrons. The van der Waals surface area contributed by atoms with Gasteiger partial charge in [0.05, 0.1) is 0 Å². The average Bonchev–Trinajstić information content (AvgIpc) is 2.28. The quantitative estimate of drug-likeness (QED) is 0.848. The van der Waals surface area contributed by atoms with Gasteiger partial charge in [-0.15, -0.1) is 0 Å². The smallest absolute Gasteiger partial charge is 0.226 e. The first-order chi connectivity index (χ1) is 7.56. The van der Waals surface area contributed by atoms with Crippen LogP contribution in [0.25, 0.3) is 0 Å². The van der Waals surface area contributed by atoms with Crippen LogP contribution in [0.4, 0.5) is 10.1 Å². The number of halogens is 1. The zero-order chi connectivity index (χ0) is 12.1. The SMILES string of the molecule is Cc1cc(N(C)C(=O)CCCN)ccc1F. The van der Waals surface area contributed by atoms with E-state index in [1.807, 2.05) is 0 Å². The number of amides is 1. The standard InChI is InChI=1S/C12H17FN2O/c1-9-8-10(5-6-11(9)13)15(2)12(16)4-3-7-14/h5-6,8H,3-4,7,14H2,1-2H3. The molecule has 1 rings (SSSR count). The van der Waals surface area contributed by atoms with Crippen molar-refractivity contribution in [2.45, 2.75) is 19.8 Å². The molecule has 4 heteroatoms. The van der Waals surface area contributed by atoms with E-state index in [0.717, 1.165) is 0 Å². The fourth-order valence-electron chi connectivity index (χ4n) is 1.40. The van der Waals surface area contributed by atoms with Crippen molar-refractivity contribution in [2.75, 3.05) is 18.5 Å². The van der Waals surface area contributed by atoms with Crippen LogP contribution in [0.2, 0.25) is 0 Å². The van der Waals surface area contributed by atoms with Gasteiger partial charge in [0, 0.05) is 19.2 Å². The van der Waals surface area contributed by atoms with E-state index < -0.39 is 0 Å². The number of hydrogen-bond acceptors (Lipinski definition) is 2. The van der Waals surface area contributed by atoms with Crippen molar-refractivity contribution in [2.24, 2.45) is 5.73 Å². The van der Waals surface area contributed by atoms with Crippen molar-refractivity contribution in [3.8, 4) is 0 Å². The van der Waals surface area contributed by atoms with Gasteiger partial charge in [-0.2, -0.15) is 0 Å². The highest BCUT2D eigenvalue weighted by atomic mass is 19.1. The van der Waals surface area contributed by atoms with E-state index in [-0.39, 0.29) is 11.7 Å². The maximum Gasteiger partial charge on any atom is 0.226 e. The van der Waals surface area contributed by atoms with Crippen LogP contribution in [-0.2, 0) is 4.79 Å². The Balaban J connectivity index is 2.75. The van der Waals surface area contributed by atoms with Crippen molar-refractivity contribution in [1.29, 1.82) is 0 Å². The van der Waals surface area contributed by atoms with E-state index in [2.05, 4.69) is 0 Å². The van der Waals surface area contributed by atoms with Crippen LogP contribution in [0.15, 0.2) is 18.2 Å². The van der Waals surface area contributed by atoms with Crippen LogP contribution in [0.5, 0.6) is 0 Å².